The number of hydrogen-bond acceptors (Lipinski definition) is 3. The normalized spacial score (nSPS) is 22.2. The van der Waals surface area contributed by atoms with E-state index in [4.69, 9.17) is 0 Å². The van der Waals surface area contributed by atoms with Crippen LogP contribution in [0, 0.1) is 0 Å². The van der Waals surface area contributed by atoms with Crippen LogP contribution in [0.1, 0.15) is 37.8 Å². The van der Waals surface area contributed by atoms with Crippen molar-refractivity contribution in [3.05, 3.63) is 48.5 Å². The predicted molar refractivity (Wildman–Crippen MR) is 83.4 cm³/mol. The van der Waals surface area contributed by atoms with Crippen molar-refractivity contribution in [1.29, 1.82) is 0 Å². The van der Waals surface area contributed by atoms with E-state index in [1.165, 1.54) is 0 Å². The van der Waals surface area contributed by atoms with Crippen molar-refractivity contribution in [3.8, 4) is 0 Å². The number of Topliss-reactive ketones (excluding diaryl/α,β-unsaturated/α-hetero) is 1. The van der Waals surface area contributed by atoms with Crippen molar-refractivity contribution in [2.75, 3.05) is 11.4 Å². The van der Waals surface area contributed by atoms with Gasteiger partial charge in [-0.1, -0.05) is 25.1 Å². The number of H-pyrrole nitrogens is 1. The minimum atomic E-state index is -0.0283. The van der Waals surface area contributed by atoms with Crippen LogP contribution in [0.2, 0.25) is 0 Å². The molecule has 0 aliphatic carbocycles. The van der Waals surface area contributed by atoms with Gasteiger partial charge in [0.2, 0.25) is 0 Å². The molecule has 1 saturated heterocycles. The second-order valence-corrected chi connectivity index (χ2v) is 5.59. The Morgan fingerprint density at radius 3 is 2.86 bits per heavy atom. The smallest absolute Gasteiger partial charge is 0.154 e. The van der Waals surface area contributed by atoms with Crippen LogP contribution in [0.4, 0.5) is 5.69 Å². The summed E-state index contributed by atoms with van der Waals surface area (Å²) in [4.78, 5) is 22.0. The van der Waals surface area contributed by atoms with Crippen molar-refractivity contribution < 1.29 is 4.79 Å². The average molecular weight is 283 g/mol. The Morgan fingerprint density at radius 2 is 2.19 bits per heavy atom. The standard InChI is InChI=1S/C17H21N3O/c1-2-17(21)16-10-13(15-11-18-12-19-15)8-9-20(16)14-6-4-3-5-7-14/h3-7,11-13,16H,2,8-10H2,1H3,(H,18,19). The summed E-state index contributed by atoms with van der Waals surface area (Å²) in [6.45, 7) is 2.86. The van der Waals surface area contributed by atoms with E-state index in [2.05, 4.69) is 27.0 Å². The number of aromatic nitrogens is 2. The number of benzene rings is 1. The minimum Gasteiger partial charge on any atom is -0.361 e. The number of piperidine rings is 1. The van der Waals surface area contributed by atoms with Gasteiger partial charge < -0.3 is 9.88 Å². The molecular weight excluding hydrogens is 262 g/mol. The Bertz CT molecular complexity index is 579. The van der Waals surface area contributed by atoms with Crippen LogP contribution in [0.5, 0.6) is 0 Å². The molecule has 1 N–H and O–H groups in total. The van der Waals surface area contributed by atoms with E-state index in [1.54, 1.807) is 6.33 Å². The molecule has 2 unspecified atom stereocenters. The van der Waals surface area contributed by atoms with E-state index in [9.17, 15) is 4.79 Å². The van der Waals surface area contributed by atoms with E-state index in [0.29, 0.717) is 18.1 Å². The van der Waals surface area contributed by atoms with Gasteiger partial charge in [-0.2, -0.15) is 0 Å². The lowest BCUT2D eigenvalue weighted by atomic mass is 9.86. The van der Waals surface area contributed by atoms with Crippen LogP contribution >= 0.6 is 0 Å². The molecule has 0 radical (unpaired) electrons. The molecule has 4 heteroatoms. The zero-order valence-corrected chi connectivity index (χ0v) is 12.3. The van der Waals surface area contributed by atoms with E-state index in [0.717, 1.165) is 30.8 Å². The Balaban J connectivity index is 1.84. The number of nitrogens with one attached hydrogen (secondary N) is 1. The predicted octanol–water partition coefficient (Wildman–Crippen LogP) is 3.14. The Morgan fingerprint density at radius 1 is 1.38 bits per heavy atom. The molecule has 0 saturated carbocycles. The molecule has 1 fully saturated rings. The minimum absolute atomic E-state index is 0.0283. The number of para-hydroxylation sites is 1. The fourth-order valence-corrected chi connectivity index (χ4v) is 3.21. The summed E-state index contributed by atoms with van der Waals surface area (Å²) < 4.78 is 0. The molecule has 1 aliphatic heterocycles. The van der Waals surface area contributed by atoms with Crippen molar-refractivity contribution in [2.45, 2.75) is 38.1 Å². The molecule has 0 spiro atoms. The molecule has 0 amide bonds. The number of rotatable bonds is 4. The van der Waals surface area contributed by atoms with Crippen LogP contribution in [0.25, 0.3) is 0 Å². The largest absolute Gasteiger partial charge is 0.361 e. The van der Waals surface area contributed by atoms with E-state index in [1.807, 2.05) is 31.3 Å². The number of hydrogen-bond donors (Lipinski definition) is 1. The van der Waals surface area contributed by atoms with Gasteiger partial charge in [0, 0.05) is 36.5 Å². The van der Waals surface area contributed by atoms with Gasteiger partial charge in [0.05, 0.1) is 12.4 Å². The summed E-state index contributed by atoms with van der Waals surface area (Å²) in [6.07, 6.45) is 6.10. The monoisotopic (exact) mass is 283 g/mol. The lowest BCUT2D eigenvalue weighted by Crippen LogP contribution is -2.46. The van der Waals surface area contributed by atoms with Crippen molar-refractivity contribution >= 4 is 11.5 Å². The molecule has 3 rings (SSSR count). The summed E-state index contributed by atoms with van der Waals surface area (Å²) in [7, 11) is 0. The number of ketones is 1. The molecular formula is C17H21N3O. The molecule has 2 heterocycles. The molecule has 2 aromatic rings. The third-order valence-electron chi connectivity index (χ3n) is 4.37. The number of carbonyl (C=O) groups is 1. The average Bonchev–Trinajstić information content (AvgIpc) is 3.09. The lowest BCUT2D eigenvalue weighted by molar-refractivity contribution is -0.120. The zero-order chi connectivity index (χ0) is 14.7. The highest BCUT2D eigenvalue weighted by molar-refractivity contribution is 5.87. The van der Waals surface area contributed by atoms with Crippen molar-refractivity contribution in [1.82, 2.24) is 9.97 Å². The fourth-order valence-electron chi connectivity index (χ4n) is 3.21. The molecule has 110 valence electrons. The quantitative estimate of drug-likeness (QED) is 0.937. The zero-order valence-electron chi connectivity index (χ0n) is 12.3. The third-order valence-corrected chi connectivity index (χ3v) is 4.37. The van der Waals surface area contributed by atoms with Gasteiger partial charge in [0.15, 0.2) is 5.78 Å². The maximum atomic E-state index is 12.4. The van der Waals surface area contributed by atoms with Crippen molar-refractivity contribution in [3.63, 3.8) is 0 Å². The molecule has 2 atom stereocenters. The highest BCUT2D eigenvalue weighted by Crippen LogP contribution is 2.34. The molecule has 4 nitrogen and oxygen atoms in total. The van der Waals surface area contributed by atoms with Crippen LogP contribution in [0.15, 0.2) is 42.9 Å². The highest BCUT2D eigenvalue weighted by Gasteiger charge is 2.33. The Labute approximate surface area is 125 Å². The first-order chi connectivity index (χ1) is 10.3. The van der Waals surface area contributed by atoms with Crippen LogP contribution in [-0.2, 0) is 4.79 Å². The van der Waals surface area contributed by atoms with Gasteiger partial charge in [-0.3, -0.25) is 4.79 Å². The summed E-state index contributed by atoms with van der Waals surface area (Å²) >= 11 is 0. The Hall–Kier alpha value is -2.10. The number of imidazole rings is 1. The van der Waals surface area contributed by atoms with Crippen molar-refractivity contribution in [2.24, 2.45) is 0 Å². The topological polar surface area (TPSA) is 49.0 Å². The second-order valence-electron chi connectivity index (χ2n) is 5.59. The molecule has 1 aromatic heterocycles. The highest BCUT2D eigenvalue weighted by atomic mass is 16.1. The summed E-state index contributed by atoms with van der Waals surface area (Å²) in [5, 5.41) is 0. The first-order valence-electron chi connectivity index (χ1n) is 7.62. The number of aromatic amines is 1. The summed E-state index contributed by atoms with van der Waals surface area (Å²) in [5.74, 6) is 0.719. The van der Waals surface area contributed by atoms with Gasteiger partial charge in [-0.25, -0.2) is 4.98 Å². The molecule has 1 aliphatic rings. The Kier molecular flexibility index (Phi) is 4.04. The third kappa shape index (κ3) is 2.84. The lowest BCUT2D eigenvalue weighted by Gasteiger charge is -2.40. The fraction of sp³-hybridized carbons (Fsp3) is 0.412. The maximum Gasteiger partial charge on any atom is 0.154 e. The van der Waals surface area contributed by atoms with Crippen LogP contribution in [-0.4, -0.2) is 28.3 Å². The van der Waals surface area contributed by atoms with Crippen LogP contribution < -0.4 is 4.90 Å². The van der Waals surface area contributed by atoms with Gasteiger partial charge in [0.25, 0.3) is 0 Å². The summed E-state index contributed by atoms with van der Waals surface area (Å²) in [6, 6.07) is 10.2. The van der Waals surface area contributed by atoms with E-state index >= 15 is 0 Å². The number of anilines is 1. The van der Waals surface area contributed by atoms with E-state index < -0.39 is 0 Å². The van der Waals surface area contributed by atoms with Crippen LogP contribution in [0.3, 0.4) is 0 Å². The first kappa shape index (κ1) is 13.9. The maximum absolute atomic E-state index is 12.4. The van der Waals surface area contributed by atoms with Gasteiger partial charge in [-0.15, -0.1) is 0 Å². The van der Waals surface area contributed by atoms with Gasteiger partial charge in [-0.05, 0) is 25.0 Å². The van der Waals surface area contributed by atoms with Gasteiger partial charge in [0.1, 0.15) is 0 Å². The number of nitrogens with zero attached hydrogens (tertiary/aromatic N) is 2. The van der Waals surface area contributed by atoms with E-state index in [-0.39, 0.29) is 6.04 Å². The number of carbonyl (C=O) groups excluding carboxylic acids is 1. The SMILES string of the molecule is CCC(=O)C1CC(c2cnc[nH]2)CCN1c1ccccc1. The molecule has 0 bridgehead atoms. The molecule has 1 aromatic carbocycles. The molecule has 21 heavy (non-hydrogen) atoms. The summed E-state index contributed by atoms with van der Waals surface area (Å²) in [5.41, 5.74) is 2.30. The van der Waals surface area contributed by atoms with Gasteiger partial charge >= 0.3 is 0 Å². The second kappa shape index (κ2) is 6.12. The first-order valence-corrected chi connectivity index (χ1v) is 7.62.